The highest BCUT2D eigenvalue weighted by Crippen LogP contribution is 2.38. The van der Waals surface area contributed by atoms with Gasteiger partial charge in [-0.1, -0.05) is 49.6 Å². The molecule has 0 saturated heterocycles. The van der Waals surface area contributed by atoms with Crippen LogP contribution in [-0.4, -0.2) is 12.5 Å². The van der Waals surface area contributed by atoms with Gasteiger partial charge < -0.3 is 11.1 Å². The van der Waals surface area contributed by atoms with E-state index in [9.17, 15) is 4.79 Å². The van der Waals surface area contributed by atoms with Crippen LogP contribution in [-0.2, 0) is 11.3 Å². The second-order valence-electron chi connectivity index (χ2n) is 5.70. The average molecular weight is 297 g/mol. The summed E-state index contributed by atoms with van der Waals surface area (Å²) in [6.45, 7) is 1.24. The number of nitrogens with two attached hydrogens (primary N) is 1. The van der Waals surface area contributed by atoms with E-state index >= 15 is 0 Å². The Labute approximate surface area is 127 Å². The van der Waals surface area contributed by atoms with Crippen molar-refractivity contribution >= 4 is 18.3 Å². The molecular formula is C16H25ClN2O. The van der Waals surface area contributed by atoms with Crippen molar-refractivity contribution in [1.29, 1.82) is 0 Å². The van der Waals surface area contributed by atoms with Crippen LogP contribution in [0.15, 0.2) is 30.3 Å². The molecule has 1 aromatic rings. The minimum Gasteiger partial charge on any atom is -0.352 e. The summed E-state index contributed by atoms with van der Waals surface area (Å²) in [5.41, 5.74) is 7.11. The first-order valence-corrected chi connectivity index (χ1v) is 7.25. The SMILES string of the molecule is Cl.NCC1(CC(=O)NCc2ccccc2)CCCCC1. The highest BCUT2D eigenvalue weighted by Gasteiger charge is 2.32. The summed E-state index contributed by atoms with van der Waals surface area (Å²) in [5, 5.41) is 3.01. The lowest BCUT2D eigenvalue weighted by molar-refractivity contribution is -0.124. The zero-order chi connectivity index (χ0) is 13.6. The van der Waals surface area contributed by atoms with E-state index in [-0.39, 0.29) is 23.7 Å². The summed E-state index contributed by atoms with van der Waals surface area (Å²) < 4.78 is 0. The molecule has 0 aromatic heterocycles. The standard InChI is InChI=1S/C16H24N2O.ClH/c17-13-16(9-5-2-6-10-16)11-15(19)18-12-14-7-3-1-4-8-14;/h1,3-4,7-8H,2,5-6,9-13,17H2,(H,18,19);1H. The predicted octanol–water partition coefficient (Wildman–Crippen LogP) is 3.02. The summed E-state index contributed by atoms with van der Waals surface area (Å²) in [6.07, 6.45) is 6.49. The van der Waals surface area contributed by atoms with Crippen LogP contribution in [0.25, 0.3) is 0 Å². The lowest BCUT2D eigenvalue weighted by Gasteiger charge is -2.35. The summed E-state index contributed by atoms with van der Waals surface area (Å²) >= 11 is 0. The van der Waals surface area contributed by atoms with Gasteiger partial charge in [-0.25, -0.2) is 0 Å². The number of hydrogen-bond acceptors (Lipinski definition) is 2. The fraction of sp³-hybridized carbons (Fsp3) is 0.562. The Morgan fingerprint density at radius 3 is 2.40 bits per heavy atom. The number of halogens is 1. The third-order valence-electron chi connectivity index (χ3n) is 4.22. The number of nitrogens with one attached hydrogen (secondary N) is 1. The van der Waals surface area contributed by atoms with E-state index in [4.69, 9.17) is 5.73 Å². The predicted molar refractivity (Wildman–Crippen MR) is 84.7 cm³/mol. The van der Waals surface area contributed by atoms with Crippen molar-refractivity contribution in [3.63, 3.8) is 0 Å². The van der Waals surface area contributed by atoms with Gasteiger partial charge in [-0.2, -0.15) is 0 Å². The molecule has 3 nitrogen and oxygen atoms in total. The van der Waals surface area contributed by atoms with Gasteiger partial charge in [0.1, 0.15) is 0 Å². The molecule has 0 aliphatic heterocycles. The lowest BCUT2D eigenvalue weighted by Crippen LogP contribution is -2.38. The molecule has 20 heavy (non-hydrogen) atoms. The summed E-state index contributed by atoms with van der Waals surface area (Å²) in [5.74, 6) is 0.135. The molecule has 1 amide bonds. The molecule has 0 bridgehead atoms. The van der Waals surface area contributed by atoms with Gasteiger partial charge in [0.15, 0.2) is 0 Å². The van der Waals surface area contributed by atoms with Gasteiger partial charge in [-0.05, 0) is 30.4 Å². The van der Waals surface area contributed by atoms with Crippen molar-refractivity contribution < 1.29 is 4.79 Å². The number of amides is 1. The van der Waals surface area contributed by atoms with Crippen molar-refractivity contribution in [3.8, 4) is 0 Å². The monoisotopic (exact) mass is 296 g/mol. The molecule has 1 aliphatic rings. The molecule has 4 heteroatoms. The molecule has 1 saturated carbocycles. The minimum absolute atomic E-state index is 0. The summed E-state index contributed by atoms with van der Waals surface area (Å²) in [7, 11) is 0. The number of benzene rings is 1. The van der Waals surface area contributed by atoms with E-state index in [2.05, 4.69) is 5.32 Å². The van der Waals surface area contributed by atoms with Crippen molar-refractivity contribution in [2.45, 2.75) is 45.1 Å². The molecule has 3 N–H and O–H groups in total. The number of carbonyl (C=O) groups excluding carboxylic acids is 1. The third-order valence-corrected chi connectivity index (χ3v) is 4.22. The van der Waals surface area contributed by atoms with E-state index < -0.39 is 0 Å². The Morgan fingerprint density at radius 1 is 1.15 bits per heavy atom. The Hall–Kier alpha value is -1.06. The Morgan fingerprint density at radius 2 is 1.80 bits per heavy atom. The zero-order valence-electron chi connectivity index (χ0n) is 11.9. The molecule has 0 unspecified atom stereocenters. The van der Waals surface area contributed by atoms with Crippen molar-refractivity contribution in [3.05, 3.63) is 35.9 Å². The Kier molecular flexibility index (Phi) is 7.03. The van der Waals surface area contributed by atoms with Crippen LogP contribution in [0.2, 0.25) is 0 Å². The van der Waals surface area contributed by atoms with Gasteiger partial charge in [-0.3, -0.25) is 4.79 Å². The van der Waals surface area contributed by atoms with E-state index in [1.807, 2.05) is 30.3 Å². The van der Waals surface area contributed by atoms with Crippen molar-refractivity contribution in [2.24, 2.45) is 11.1 Å². The van der Waals surface area contributed by atoms with E-state index in [1.165, 1.54) is 19.3 Å². The molecular weight excluding hydrogens is 272 g/mol. The highest BCUT2D eigenvalue weighted by molar-refractivity contribution is 5.85. The van der Waals surface area contributed by atoms with E-state index in [0.29, 0.717) is 19.5 Å². The fourth-order valence-electron chi connectivity index (χ4n) is 2.95. The molecule has 112 valence electrons. The summed E-state index contributed by atoms with van der Waals surface area (Å²) in [6, 6.07) is 10.0. The maximum atomic E-state index is 12.1. The first-order valence-electron chi connectivity index (χ1n) is 7.25. The third kappa shape index (κ3) is 4.80. The van der Waals surface area contributed by atoms with Gasteiger partial charge in [0.05, 0.1) is 0 Å². The van der Waals surface area contributed by atoms with E-state index in [1.54, 1.807) is 0 Å². The van der Waals surface area contributed by atoms with Crippen LogP contribution >= 0.6 is 12.4 Å². The molecule has 1 fully saturated rings. The molecule has 1 aliphatic carbocycles. The normalized spacial score (nSPS) is 17.1. The number of carbonyl (C=O) groups is 1. The molecule has 0 spiro atoms. The van der Waals surface area contributed by atoms with Gasteiger partial charge in [-0.15, -0.1) is 12.4 Å². The van der Waals surface area contributed by atoms with Crippen LogP contribution < -0.4 is 11.1 Å². The van der Waals surface area contributed by atoms with Gasteiger partial charge >= 0.3 is 0 Å². The van der Waals surface area contributed by atoms with Gasteiger partial charge in [0.25, 0.3) is 0 Å². The molecule has 1 aromatic carbocycles. The smallest absolute Gasteiger partial charge is 0.220 e. The highest BCUT2D eigenvalue weighted by atomic mass is 35.5. The Balaban J connectivity index is 0.00000200. The first kappa shape index (κ1) is 17.0. The maximum Gasteiger partial charge on any atom is 0.220 e. The topological polar surface area (TPSA) is 55.1 Å². The van der Waals surface area contributed by atoms with Gasteiger partial charge in [0, 0.05) is 13.0 Å². The first-order chi connectivity index (χ1) is 9.24. The molecule has 0 radical (unpaired) electrons. The maximum absolute atomic E-state index is 12.1. The molecule has 2 rings (SSSR count). The summed E-state index contributed by atoms with van der Waals surface area (Å²) in [4.78, 5) is 12.1. The quantitative estimate of drug-likeness (QED) is 0.877. The van der Waals surface area contributed by atoms with Crippen LogP contribution in [0.3, 0.4) is 0 Å². The van der Waals surface area contributed by atoms with Crippen LogP contribution in [0, 0.1) is 5.41 Å². The number of rotatable bonds is 5. The van der Waals surface area contributed by atoms with Crippen LogP contribution in [0.5, 0.6) is 0 Å². The van der Waals surface area contributed by atoms with Gasteiger partial charge in [0.2, 0.25) is 5.91 Å². The largest absolute Gasteiger partial charge is 0.352 e. The fourth-order valence-corrected chi connectivity index (χ4v) is 2.95. The lowest BCUT2D eigenvalue weighted by atomic mass is 9.71. The minimum atomic E-state index is 0. The van der Waals surface area contributed by atoms with Crippen molar-refractivity contribution in [2.75, 3.05) is 6.54 Å². The molecule has 0 atom stereocenters. The van der Waals surface area contributed by atoms with Crippen LogP contribution in [0.4, 0.5) is 0 Å². The van der Waals surface area contributed by atoms with Crippen molar-refractivity contribution in [1.82, 2.24) is 5.32 Å². The Bertz CT molecular complexity index is 402. The second-order valence-corrected chi connectivity index (χ2v) is 5.70. The molecule has 0 heterocycles. The second kappa shape index (κ2) is 8.28. The average Bonchev–Trinajstić information content (AvgIpc) is 2.47. The van der Waals surface area contributed by atoms with Crippen LogP contribution in [0.1, 0.15) is 44.1 Å². The zero-order valence-corrected chi connectivity index (χ0v) is 12.8. The van der Waals surface area contributed by atoms with E-state index in [0.717, 1.165) is 18.4 Å². The number of hydrogen-bond donors (Lipinski definition) is 2.